The van der Waals surface area contributed by atoms with Crippen LogP contribution in [0.5, 0.6) is 0 Å². The number of hydrogen-bond donors (Lipinski definition) is 1. The molecule has 0 saturated carbocycles. The smallest absolute Gasteiger partial charge is 0.246 e. The quantitative estimate of drug-likeness (QED) is 0.229. The van der Waals surface area contributed by atoms with Gasteiger partial charge in [-0.25, -0.2) is 0 Å². The van der Waals surface area contributed by atoms with E-state index in [9.17, 15) is 4.79 Å². The molecule has 0 radical (unpaired) electrons. The first-order valence-corrected chi connectivity index (χ1v) is 9.55. The lowest BCUT2D eigenvalue weighted by molar-refractivity contribution is -0.120. The zero-order valence-corrected chi connectivity index (χ0v) is 19.8. The van der Waals surface area contributed by atoms with Gasteiger partial charge in [-0.1, -0.05) is 0 Å². The Hall–Kier alpha value is -1.40. The van der Waals surface area contributed by atoms with Gasteiger partial charge in [-0.05, 0) is 26.9 Å². The summed E-state index contributed by atoms with van der Waals surface area (Å²) in [5, 5.41) is 7.46. The number of rotatable bonds is 9. The Morgan fingerprint density at radius 2 is 2.18 bits per heavy atom. The molecule has 2 rings (SSSR count). The van der Waals surface area contributed by atoms with Crippen molar-refractivity contribution in [1.29, 1.82) is 0 Å². The highest BCUT2D eigenvalue weighted by Gasteiger charge is 2.27. The van der Waals surface area contributed by atoms with Crippen molar-refractivity contribution in [3.8, 4) is 0 Å². The van der Waals surface area contributed by atoms with Crippen LogP contribution in [0.25, 0.3) is 0 Å². The zero-order chi connectivity index (χ0) is 19.6. The van der Waals surface area contributed by atoms with E-state index < -0.39 is 0 Å². The molecule has 0 unspecified atom stereocenters. The van der Waals surface area contributed by atoms with E-state index in [0.29, 0.717) is 13.1 Å². The summed E-state index contributed by atoms with van der Waals surface area (Å²) in [7, 11) is 5.66. The predicted octanol–water partition coefficient (Wildman–Crippen LogP) is 0.621. The molecule has 10 heteroatoms. The summed E-state index contributed by atoms with van der Waals surface area (Å²) in [6, 6.07) is 0. The third-order valence-electron chi connectivity index (χ3n) is 4.49. The van der Waals surface area contributed by atoms with Crippen molar-refractivity contribution in [1.82, 2.24) is 24.9 Å². The van der Waals surface area contributed by atoms with Crippen LogP contribution in [-0.2, 0) is 16.6 Å². The Morgan fingerprint density at radius 1 is 1.39 bits per heavy atom. The van der Waals surface area contributed by atoms with Gasteiger partial charge >= 0.3 is 0 Å². The summed E-state index contributed by atoms with van der Waals surface area (Å²) < 4.78 is 6.81. The highest BCUT2D eigenvalue weighted by molar-refractivity contribution is 14.0. The molecule has 1 amide bonds. The number of halogens is 1. The molecule has 0 spiro atoms. The fourth-order valence-corrected chi connectivity index (χ4v) is 2.99. The average molecular weight is 507 g/mol. The van der Waals surface area contributed by atoms with Crippen LogP contribution in [0.4, 0.5) is 5.69 Å². The standard InChI is InChI=1S/C18H33N7O2.HI/c1-5-19-18(20-7-6-8-22(2)11-12-27-4)24-9-10-25(17(26)15-24)16-13-21-23(3)14-16;/h13-14H,5-12,15H2,1-4H3,(H,19,20);1H. The second-order valence-corrected chi connectivity index (χ2v) is 6.72. The molecule has 0 aromatic carbocycles. The molecular formula is C18H34IN7O2. The minimum absolute atomic E-state index is 0. The summed E-state index contributed by atoms with van der Waals surface area (Å²) >= 11 is 0. The van der Waals surface area contributed by atoms with Crippen LogP contribution in [0.1, 0.15) is 13.3 Å². The molecule has 160 valence electrons. The van der Waals surface area contributed by atoms with Gasteiger partial charge in [0.25, 0.3) is 0 Å². The number of methoxy groups -OCH3 is 1. The Labute approximate surface area is 185 Å². The molecule has 1 aliphatic heterocycles. The molecule has 1 aromatic rings. The minimum atomic E-state index is 0. The van der Waals surface area contributed by atoms with E-state index in [1.165, 1.54) is 0 Å². The van der Waals surface area contributed by atoms with Crippen LogP contribution in [-0.4, -0.2) is 98.0 Å². The zero-order valence-electron chi connectivity index (χ0n) is 17.4. The molecule has 1 N–H and O–H groups in total. The number of anilines is 1. The molecule has 1 aromatic heterocycles. The number of aromatic nitrogens is 2. The summed E-state index contributed by atoms with van der Waals surface area (Å²) in [5.41, 5.74) is 0.850. The van der Waals surface area contributed by atoms with Crippen LogP contribution >= 0.6 is 24.0 Å². The third kappa shape index (κ3) is 7.55. The molecule has 1 aliphatic rings. The van der Waals surface area contributed by atoms with Gasteiger partial charge in [-0.3, -0.25) is 14.5 Å². The van der Waals surface area contributed by atoms with Crippen molar-refractivity contribution in [3.05, 3.63) is 12.4 Å². The molecule has 0 aliphatic carbocycles. The Bertz CT molecular complexity index is 623. The fourth-order valence-electron chi connectivity index (χ4n) is 2.99. The number of nitrogens with zero attached hydrogens (tertiary/aromatic N) is 6. The topological polar surface area (TPSA) is 78.2 Å². The van der Waals surface area contributed by atoms with E-state index in [4.69, 9.17) is 9.73 Å². The van der Waals surface area contributed by atoms with Crippen molar-refractivity contribution >= 4 is 41.5 Å². The van der Waals surface area contributed by atoms with Gasteiger partial charge in [0.15, 0.2) is 5.96 Å². The number of likely N-dealkylation sites (N-methyl/N-ethyl adjacent to an activating group) is 1. The summed E-state index contributed by atoms with van der Waals surface area (Å²) in [6.45, 7) is 7.90. The highest BCUT2D eigenvalue weighted by Crippen LogP contribution is 2.16. The number of nitrogens with one attached hydrogen (secondary N) is 1. The lowest BCUT2D eigenvalue weighted by Gasteiger charge is -2.35. The fraction of sp³-hybridized carbons (Fsp3) is 0.722. The van der Waals surface area contributed by atoms with Gasteiger partial charge in [0.2, 0.25) is 5.91 Å². The Balaban J connectivity index is 0.00000392. The van der Waals surface area contributed by atoms with Gasteiger partial charge in [0, 0.05) is 53.1 Å². The van der Waals surface area contributed by atoms with Crippen LogP contribution in [0.2, 0.25) is 0 Å². The number of piperazine rings is 1. The lowest BCUT2D eigenvalue weighted by Crippen LogP contribution is -2.55. The monoisotopic (exact) mass is 507 g/mol. The first-order chi connectivity index (χ1) is 13.0. The third-order valence-corrected chi connectivity index (χ3v) is 4.49. The maximum atomic E-state index is 12.6. The number of ether oxygens (including phenoxy) is 1. The predicted molar refractivity (Wildman–Crippen MR) is 123 cm³/mol. The lowest BCUT2D eigenvalue weighted by atomic mass is 10.3. The van der Waals surface area contributed by atoms with Crippen molar-refractivity contribution in [3.63, 3.8) is 0 Å². The number of carbonyl (C=O) groups is 1. The van der Waals surface area contributed by atoms with E-state index in [1.807, 2.05) is 25.1 Å². The normalized spacial score (nSPS) is 15.2. The number of amides is 1. The Kier molecular flexibility index (Phi) is 11.4. The molecule has 1 fully saturated rings. The minimum Gasteiger partial charge on any atom is -0.383 e. The van der Waals surface area contributed by atoms with Gasteiger partial charge in [-0.2, -0.15) is 5.10 Å². The maximum Gasteiger partial charge on any atom is 0.246 e. The molecule has 0 atom stereocenters. The van der Waals surface area contributed by atoms with E-state index in [2.05, 4.69) is 22.4 Å². The summed E-state index contributed by atoms with van der Waals surface area (Å²) in [4.78, 5) is 23.4. The molecule has 28 heavy (non-hydrogen) atoms. The van der Waals surface area contributed by atoms with Gasteiger partial charge in [-0.15, -0.1) is 24.0 Å². The summed E-state index contributed by atoms with van der Waals surface area (Å²) in [6.07, 6.45) is 4.57. The van der Waals surface area contributed by atoms with Gasteiger partial charge in [0.1, 0.15) is 6.54 Å². The highest BCUT2D eigenvalue weighted by atomic mass is 127. The SMILES string of the molecule is CCNC(=NCCCN(C)CCOC)N1CCN(c2cnn(C)c2)C(=O)C1.I. The first-order valence-electron chi connectivity index (χ1n) is 9.55. The first kappa shape index (κ1) is 24.6. The molecule has 0 bridgehead atoms. The summed E-state index contributed by atoms with van der Waals surface area (Å²) in [5.74, 6) is 0.885. The van der Waals surface area contributed by atoms with E-state index in [1.54, 1.807) is 22.9 Å². The van der Waals surface area contributed by atoms with Crippen LogP contribution in [0.15, 0.2) is 17.4 Å². The van der Waals surface area contributed by atoms with Gasteiger partial charge in [0.05, 0.1) is 18.5 Å². The Morgan fingerprint density at radius 3 is 2.79 bits per heavy atom. The van der Waals surface area contributed by atoms with Crippen molar-refractivity contribution < 1.29 is 9.53 Å². The number of hydrogen-bond acceptors (Lipinski definition) is 5. The van der Waals surface area contributed by atoms with Crippen LogP contribution in [0, 0.1) is 0 Å². The maximum absolute atomic E-state index is 12.6. The van der Waals surface area contributed by atoms with Crippen molar-refractivity contribution in [2.75, 3.05) is 71.5 Å². The van der Waals surface area contributed by atoms with E-state index >= 15 is 0 Å². The van der Waals surface area contributed by atoms with Crippen LogP contribution < -0.4 is 10.2 Å². The molecule has 1 saturated heterocycles. The second kappa shape index (κ2) is 12.9. The van der Waals surface area contributed by atoms with E-state index in [-0.39, 0.29) is 29.9 Å². The number of guanidine groups is 1. The van der Waals surface area contributed by atoms with Crippen molar-refractivity contribution in [2.24, 2.45) is 12.0 Å². The number of aliphatic imine (C=N–C) groups is 1. The molecule has 9 nitrogen and oxygen atoms in total. The van der Waals surface area contributed by atoms with Crippen LogP contribution in [0.3, 0.4) is 0 Å². The number of carbonyl (C=O) groups excluding carboxylic acids is 1. The molecular weight excluding hydrogens is 473 g/mol. The average Bonchev–Trinajstić information content (AvgIpc) is 3.08. The largest absolute Gasteiger partial charge is 0.383 e. The van der Waals surface area contributed by atoms with Gasteiger partial charge < -0.3 is 24.8 Å². The number of aryl methyl sites for hydroxylation is 1. The second-order valence-electron chi connectivity index (χ2n) is 6.72. The van der Waals surface area contributed by atoms with Crippen molar-refractivity contribution in [2.45, 2.75) is 13.3 Å². The van der Waals surface area contributed by atoms with E-state index in [0.717, 1.165) is 57.4 Å². The molecule has 2 heterocycles.